The van der Waals surface area contributed by atoms with Crippen LogP contribution in [-0.4, -0.2) is 32.7 Å². The summed E-state index contributed by atoms with van der Waals surface area (Å²) in [7, 11) is 1.50. The Kier molecular flexibility index (Phi) is 5.55. The van der Waals surface area contributed by atoms with Gasteiger partial charge < -0.3 is 19.4 Å². The number of aromatic carboxylic acids is 1. The number of aromatic amines is 1. The van der Waals surface area contributed by atoms with Crippen molar-refractivity contribution in [2.24, 2.45) is 0 Å². The Morgan fingerprint density at radius 3 is 2.47 bits per heavy atom. The molecule has 2 aromatic heterocycles. The monoisotopic (exact) mass is 491 g/mol. The van der Waals surface area contributed by atoms with E-state index in [2.05, 4.69) is 9.55 Å². The maximum absolute atomic E-state index is 11.4. The summed E-state index contributed by atoms with van der Waals surface area (Å²) in [6, 6.07) is 18.0. The number of fused-ring (bicyclic) bond motifs is 1. The first-order chi connectivity index (χ1) is 16.4. The molecule has 0 atom stereocenters. The van der Waals surface area contributed by atoms with Crippen molar-refractivity contribution in [1.29, 1.82) is 0 Å². The van der Waals surface area contributed by atoms with Crippen LogP contribution in [0.25, 0.3) is 39.4 Å². The third kappa shape index (κ3) is 3.81. The van der Waals surface area contributed by atoms with E-state index < -0.39 is 5.97 Å². The molecule has 0 saturated carbocycles. The van der Waals surface area contributed by atoms with Crippen LogP contribution < -0.4 is 4.74 Å². The quantitative estimate of drug-likeness (QED) is 0.277. The maximum atomic E-state index is 11.4. The molecule has 0 bridgehead atoms. The number of H-pyrrole nitrogens is 1. The molecule has 0 unspecified atom stereocenters. The second-order valence-electron chi connectivity index (χ2n) is 7.85. The minimum absolute atomic E-state index is 0.141. The summed E-state index contributed by atoms with van der Waals surface area (Å²) in [5.41, 5.74) is 6.17. The molecule has 0 spiro atoms. The Morgan fingerprint density at radius 2 is 1.76 bits per heavy atom. The van der Waals surface area contributed by atoms with E-state index >= 15 is 0 Å². The zero-order valence-corrected chi connectivity index (χ0v) is 19.8. The fraction of sp³-hybridized carbons (Fsp3) is 0.0769. The highest BCUT2D eigenvalue weighted by Gasteiger charge is 2.21. The van der Waals surface area contributed by atoms with Gasteiger partial charge in [0.05, 0.1) is 35.1 Å². The van der Waals surface area contributed by atoms with Gasteiger partial charge in [-0.2, -0.15) is 0 Å². The number of methoxy groups -OCH3 is 1. The third-order valence-electron chi connectivity index (χ3n) is 5.71. The lowest BCUT2D eigenvalue weighted by atomic mass is 10.1. The van der Waals surface area contributed by atoms with Crippen molar-refractivity contribution >= 4 is 40.2 Å². The van der Waals surface area contributed by atoms with E-state index in [-0.39, 0.29) is 5.56 Å². The molecular formula is C26H19Cl2N3O3. The molecule has 2 heterocycles. The number of aryl methyl sites for hydroxylation is 1. The normalized spacial score (nSPS) is 11.2. The molecule has 0 aliphatic heterocycles. The molecule has 0 aliphatic rings. The summed E-state index contributed by atoms with van der Waals surface area (Å²) in [6.45, 7) is 2.03. The first-order valence-corrected chi connectivity index (χ1v) is 11.2. The molecule has 34 heavy (non-hydrogen) atoms. The molecule has 3 aromatic carbocycles. The molecule has 170 valence electrons. The number of benzene rings is 3. The van der Waals surface area contributed by atoms with E-state index in [0.717, 1.165) is 33.5 Å². The summed E-state index contributed by atoms with van der Waals surface area (Å²) in [6.07, 6.45) is 1.98. The van der Waals surface area contributed by atoms with Crippen LogP contribution in [0.4, 0.5) is 0 Å². The van der Waals surface area contributed by atoms with Crippen molar-refractivity contribution in [1.82, 2.24) is 14.5 Å². The van der Waals surface area contributed by atoms with Crippen LogP contribution in [0, 0.1) is 6.92 Å². The number of nitrogens with zero attached hydrogens (tertiary/aromatic N) is 2. The fourth-order valence-corrected chi connectivity index (χ4v) is 4.32. The Labute approximate surface area is 205 Å². The fourth-order valence-electron chi connectivity index (χ4n) is 4.03. The predicted molar refractivity (Wildman–Crippen MR) is 135 cm³/mol. The van der Waals surface area contributed by atoms with E-state index in [4.69, 9.17) is 32.9 Å². The van der Waals surface area contributed by atoms with Crippen molar-refractivity contribution in [3.63, 3.8) is 0 Å². The highest BCUT2D eigenvalue weighted by Crippen LogP contribution is 2.37. The number of nitrogens with one attached hydrogen (secondary N) is 1. The lowest BCUT2D eigenvalue weighted by Gasteiger charge is -2.13. The second-order valence-corrected chi connectivity index (χ2v) is 8.73. The standard InChI is InChI=1S/C26H19Cl2N3O3/c1-14-3-7-18(28)12-21(14)31-13-20-23(24(31)15-4-8-17(27)9-5-15)30-25(29-20)19-10-6-16(26(32)33)11-22(19)34-2/h3-13H,1-2H3,(H,29,30)(H,32,33). The van der Waals surface area contributed by atoms with Gasteiger partial charge in [0.15, 0.2) is 0 Å². The third-order valence-corrected chi connectivity index (χ3v) is 6.19. The number of rotatable bonds is 5. The smallest absolute Gasteiger partial charge is 0.335 e. The van der Waals surface area contributed by atoms with E-state index in [9.17, 15) is 9.90 Å². The largest absolute Gasteiger partial charge is 0.496 e. The van der Waals surface area contributed by atoms with Gasteiger partial charge in [-0.3, -0.25) is 0 Å². The van der Waals surface area contributed by atoms with Crippen molar-refractivity contribution in [3.05, 3.63) is 88.0 Å². The molecule has 0 amide bonds. The highest BCUT2D eigenvalue weighted by molar-refractivity contribution is 6.31. The van der Waals surface area contributed by atoms with Gasteiger partial charge in [0, 0.05) is 21.8 Å². The molecule has 0 aliphatic carbocycles. The van der Waals surface area contributed by atoms with Gasteiger partial charge in [-0.1, -0.05) is 41.4 Å². The minimum atomic E-state index is -1.02. The Balaban J connectivity index is 1.75. The van der Waals surface area contributed by atoms with Crippen LogP contribution in [0.1, 0.15) is 15.9 Å². The highest BCUT2D eigenvalue weighted by atomic mass is 35.5. The first-order valence-electron chi connectivity index (χ1n) is 10.4. The van der Waals surface area contributed by atoms with Crippen molar-refractivity contribution in [2.45, 2.75) is 6.92 Å². The zero-order chi connectivity index (χ0) is 24.0. The van der Waals surface area contributed by atoms with Gasteiger partial charge in [0.2, 0.25) is 0 Å². The number of hydrogen-bond donors (Lipinski definition) is 2. The Morgan fingerprint density at radius 1 is 1.03 bits per heavy atom. The van der Waals surface area contributed by atoms with E-state index in [1.54, 1.807) is 6.07 Å². The van der Waals surface area contributed by atoms with Crippen LogP contribution in [0.15, 0.2) is 66.9 Å². The van der Waals surface area contributed by atoms with Gasteiger partial charge in [-0.15, -0.1) is 0 Å². The number of carboxylic acids is 1. The summed E-state index contributed by atoms with van der Waals surface area (Å²) < 4.78 is 7.52. The molecule has 0 radical (unpaired) electrons. The Hall–Kier alpha value is -3.74. The zero-order valence-electron chi connectivity index (χ0n) is 18.3. The Bertz CT molecular complexity index is 1550. The molecule has 0 saturated heterocycles. The van der Waals surface area contributed by atoms with Crippen LogP contribution in [0.3, 0.4) is 0 Å². The number of aromatic nitrogens is 3. The van der Waals surface area contributed by atoms with Crippen molar-refractivity contribution < 1.29 is 14.6 Å². The van der Waals surface area contributed by atoms with E-state index in [0.29, 0.717) is 27.2 Å². The molecule has 8 heteroatoms. The van der Waals surface area contributed by atoms with Gasteiger partial charge in [-0.25, -0.2) is 9.78 Å². The predicted octanol–water partition coefficient (Wildman–Crippen LogP) is 7.01. The topological polar surface area (TPSA) is 80.1 Å². The average molecular weight is 492 g/mol. The summed E-state index contributed by atoms with van der Waals surface area (Å²) in [5.74, 6) is -0.0297. The summed E-state index contributed by atoms with van der Waals surface area (Å²) in [4.78, 5) is 19.6. The van der Waals surface area contributed by atoms with Crippen LogP contribution in [0.5, 0.6) is 5.75 Å². The van der Waals surface area contributed by atoms with Crippen LogP contribution in [-0.2, 0) is 0 Å². The lowest BCUT2D eigenvalue weighted by Crippen LogP contribution is -2.00. The van der Waals surface area contributed by atoms with Gasteiger partial charge >= 0.3 is 5.97 Å². The summed E-state index contributed by atoms with van der Waals surface area (Å²) >= 11 is 12.5. The number of hydrogen-bond acceptors (Lipinski definition) is 3. The van der Waals surface area contributed by atoms with Crippen LogP contribution in [0.2, 0.25) is 10.0 Å². The van der Waals surface area contributed by atoms with Crippen molar-refractivity contribution in [3.8, 4) is 34.1 Å². The number of carbonyl (C=O) groups is 1. The maximum Gasteiger partial charge on any atom is 0.335 e. The minimum Gasteiger partial charge on any atom is -0.496 e. The number of carboxylic acid groups (broad SMARTS) is 1. The number of halogens is 2. The van der Waals surface area contributed by atoms with Gasteiger partial charge in [-0.05, 0) is 55.0 Å². The average Bonchev–Trinajstić information content (AvgIpc) is 3.39. The van der Waals surface area contributed by atoms with E-state index in [1.807, 2.05) is 55.6 Å². The van der Waals surface area contributed by atoms with Gasteiger partial charge in [0.25, 0.3) is 0 Å². The molecule has 6 nitrogen and oxygen atoms in total. The van der Waals surface area contributed by atoms with Gasteiger partial charge in [0.1, 0.15) is 17.1 Å². The lowest BCUT2D eigenvalue weighted by molar-refractivity contribution is 0.0696. The molecule has 2 N–H and O–H groups in total. The molecular weight excluding hydrogens is 473 g/mol. The first kappa shape index (κ1) is 22.1. The number of ether oxygens (including phenoxy) is 1. The van der Waals surface area contributed by atoms with E-state index in [1.165, 1.54) is 19.2 Å². The molecule has 5 aromatic rings. The molecule has 0 fully saturated rings. The summed E-state index contributed by atoms with van der Waals surface area (Å²) in [5, 5.41) is 10.6. The SMILES string of the molecule is COc1cc(C(=O)O)ccc1-c1nc2c(-c3ccc(Cl)cc3)n(-c3cc(Cl)ccc3C)cc2[nH]1. The second kappa shape index (κ2) is 8.56. The van der Waals surface area contributed by atoms with Crippen LogP contribution >= 0.6 is 23.2 Å². The molecule has 5 rings (SSSR count). The van der Waals surface area contributed by atoms with Crippen molar-refractivity contribution in [2.75, 3.05) is 7.11 Å². The number of imidazole rings is 1.